The summed E-state index contributed by atoms with van der Waals surface area (Å²) in [5, 5.41) is 17.1. The smallest absolute Gasteiger partial charge is 0.126 e. The SMILES string of the molecule is CC1=CCC(C)=C1C.CC1=CCC(C)=C1C.Oc1cccc(F)c1.Oc1cccc(F)c1.[Zr]. The van der Waals surface area contributed by atoms with Crippen LogP contribution in [0.4, 0.5) is 8.78 Å². The van der Waals surface area contributed by atoms with Crippen LogP contribution in [0.5, 0.6) is 11.5 Å². The molecular weight excluding hydrogens is 498 g/mol. The van der Waals surface area contributed by atoms with Gasteiger partial charge in [0.05, 0.1) is 0 Å². The molecule has 5 heteroatoms. The van der Waals surface area contributed by atoms with E-state index in [-0.39, 0.29) is 37.7 Å². The maximum absolute atomic E-state index is 12.0. The van der Waals surface area contributed by atoms with Crippen LogP contribution in [-0.2, 0) is 26.2 Å². The fourth-order valence-corrected chi connectivity index (χ4v) is 2.85. The fraction of sp³-hybridized carbons (Fsp3) is 0.286. The Morgan fingerprint density at radius 1 is 0.606 bits per heavy atom. The molecule has 0 saturated heterocycles. The van der Waals surface area contributed by atoms with Gasteiger partial charge in [0, 0.05) is 38.3 Å². The monoisotopic (exact) mass is 530 g/mol. The van der Waals surface area contributed by atoms with Gasteiger partial charge in [-0.3, -0.25) is 0 Å². The van der Waals surface area contributed by atoms with Gasteiger partial charge in [-0.25, -0.2) is 8.78 Å². The first-order valence-corrected chi connectivity index (χ1v) is 10.6. The van der Waals surface area contributed by atoms with E-state index in [2.05, 4.69) is 53.7 Å². The number of allylic oxidation sites excluding steroid dienone is 8. The third-order valence-electron chi connectivity index (χ3n) is 5.51. The Bertz CT molecular complexity index is 905. The van der Waals surface area contributed by atoms with Crippen molar-refractivity contribution < 1.29 is 45.2 Å². The molecule has 0 radical (unpaired) electrons. The molecule has 33 heavy (non-hydrogen) atoms. The summed E-state index contributed by atoms with van der Waals surface area (Å²) in [4.78, 5) is 0. The van der Waals surface area contributed by atoms with Gasteiger partial charge in [-0.15, -0.1) is 0 Å². The molecule has 0 aliphatic heterocycles. The first-order chi connectivity index (χ1) is 15.0. The predicted octanol–water partition coefficient (Wildman–Crippen LogP) is 8.41. The van der Waals surface area contributed by atoms with Crippen molar-refractivity contribution in [3.63, 3.8) is 0 Å². The van der Waals surface area contributed by atoms with Crippen molar-refractivity contribution >= 4 is 0 Å². The fourth-order valence-electron chi connectivity index (χ4n) is 2.85. The topological polar surface area (TPSA) is 40.5 Å². The Balaban J connectivity index is 0.000000410. The minimum absolute atomic E-state index is 0. The molecule has 0 heterocycles. The summed E-state index contributed by atoms with van der Waals surface area (Å²) in [6, 6.07) is 10.4. The molecule has 0 bridgehead atoms. The minimum atomic E-state index is -0.412. The average Bonchev–Trinajstić information content (AvgIpc) is 3.19. The Kier molecular flexibility index (Phi) is 14.5. The van der Waals surface area contributed by atoms with E-state index in [0.717, 1.165) is 12.1 Å². The van der Waals surface area contributed by atoms with Gasteiger partial charge >= 0.3 is 0 Å². The van der Waals surface area contributed by atoms with Gasteiger partial charge in [-0.05, 0) is 89.8 Å². The van der Waals surface area contributed by atoms with Gasteiger partial charge in [-0.2, -0.15) is 0 Å². The molecule has 176 valence electrons. The van der Waals surface area contributed by atoms with Gasteiger partial charge < -0.3 is 10.2 Å². The van der Waals surface area contributed by atoms with Gasteiger partial charge in [0.1, 0.15) is 23.1 Å². The normalized spacial score (nSPS) is 13.9. The first-order valence-electron chi connectivity index (χ1n) is 10.6. The predicted molar refractivity (Wildman–Crippen MR) is 130 cm³/mol. The van der Waals surface area contributed by atoms with Crippen LogP contribution in [0, 0.1) is 11.6 Å². The van der Waals surface area contributed by atoms with E-state index in [9.17, 15) is 8.78 Å². The number of aromatic hydroxyl groups is 2. The molecule has 0 atom stereocenters. The summed E-state index contributed by atoms with van der Waals surface area (Å²) in [6.45, 7) is 13.1. The minimum Gasteiger partial charge on any atom is -0.508 e. The van der Waals surface area contributed by atoms with Crippen LogP contribution in [0.2, 0.25) is 0 Å². The summed E-state index contributed by atoms with van der Waals surface area (Å²) >= 11 is 0. The van der Waals surface area contributed by atoms with Crippen molar-refractivity contribution in [3.05, 3.63) is 106 Å². The number of phenolic OH excluding ortho intramolecular Hbond substituents is 2. The van der Waals surface area contributed by atoms with Gasteiger partial charge in [0.25, 0.3) is 0 Å². The molecule has 0 saturated carbocycles. The second kappa shape index (κ2) is 15.6. The van der Waals surface area contributed by atoms with Crippen LogP contribution < -0.4 is 0 Å². The number of hydrogen-bond donors (Lipinski definition) is 2. The van der Waals surface area contributed by atoms with E-state index >= 15 is 0 Å². The maximum atomic E-state index is 12.0. The molecule has 0 amide bonds. The molecule has 0 fully saturated rings. The van der Waals surface area contributed by atoms with Crippen LogP contribution in [-0.4, -0.2) is 10.2 Å². The average molecular weight is 532 g/mol. The van der Waals surface area contributed by atoms with E-state index in [1.54, 1.807) is 0 Å². The van der Waals surface area contributed by atoms with Gasteiger partial charge in [0.2, 0.25) is 0 Å². The third-order valence-corrected chi connectivity index (χ3v) is 5.51. The molecule has 4 rings (SSSR count). The van der Waals surface area contributed by atoms with Crippen molar-refractivity contribution in [2.75, 3.05) is 0 Å². The maximum Gasteiger partial charge on any atom is 0.126 e. The quantitative estimate of drug-likeness (QED) is 0.358. The summed E-state index contributed by atoms with van der Waals surface area (Å²) in [6.07, 6.45) is 6.92. The van der Waals surface area contributed by atoms with Crippen molar-refractivity contribution in [1.82, 2.24) is 0 Å². The summed E-state index contributed by atoms with van der Waals surface area (Å²) < 4.78 is 24.0. The molecule has 0 aromatic heterocycles. The molecule has 0 spiro atoms. The first kappa shape index (κ1) is 30.7. The van der Waals surface area contributed by atoms with Crippen LogP contribution >= 0.6 is 0 Å². The Labute approximate surface area is 216 Å². The molecule has 2 nitrogen and oxygen atoms in total. The zero-order chi connectivity index (χ0) is 24.3. The van der Waals surface area contributed by atoms with Crippen molar-refractivity contribution in [2.24, 2.45) is 0 Å². The summed E-state index contributed by atoms with van der Waals surface area (Å²) in [7, 11) is 0. The van der Waals surface area contributed by atoms with Crippen LogP contribution in [0.1, 0.15) is 54.4 Å². The van der Waals surface area contributed by atoms with Crippen LogP contribution in [0.25, 0.3) is 0 Å². The van der Waals surface area contributed by atoms with E-state index in [1.165, 1.54) is 82.7 Å². The largest absolute Gasteiger partial charge is 0.508 e. The van der Waals surface area contributed by atoms with Crippen LogP contribution in [0.15, 0.2) is 94.1 Å². The molecule has 2 aromatic rings. The van der Waals surface area contributed by atoms with Gasteiger partial charge in [-0.1, -0.05) is 46.6 Å². The third kappa shape index (κ3) is 12.0. The van der Waals surface area contributed by atoms with E-state index in [1.807, 2.05) is 0 Å². The number of halogens is 2. The number of hydrogen-bond acceptors (Lipinski definition) is 2. The molecule has 2 N–H and O–H groups in total. The summed E-state index contributed by atoms with van der Waals surface area (Å²) in [5.74, 6) is -0.898. The van der Waals surface area contributed by atoms with Crippen LogP contribution in [0.3, 0.4) is 0 Å². The second-order valence-corrected chi connectivity index (χ2v) is 7.95. The molecule has 0 unspecified atom stereocenters. The second-order valence-electron chi connectivity index (χ2n) is 7.95. The zero-order valence-corrected chi connectivity index (χ0v) is 22.8. The molecular formula is C28H34F2O2Zr. The number of phenols is 2. The van der Waals surface area contributed by atoms with Crippen molar-refractivity contribution in [3.8, 4) is 11.5 Å². The molecule has 2 aromatic carbocycles. The Morgan fingerprint density at radius 3 is 1.06 bits per heavy atom. The van der Waals surface area contributed by atoms with Gasteiger partial charge in [0.15, 0.2) is 0 Å². The van der Waals surface area contributed by atoms with E-state index in [0.29, 0.717) is 0 Å². The van der Waals surface area contributed by atoms with E-state index in [4.69, 9.17) is 10.2 Å². The zero-order valence-electron chi connectivity index (χ0n) is 20.3. The van der Waals surface area contributed by atoms with Crippen molar-refractivity contribution in [1.29, 1.82) is 0 Å². The molecule has 2 aliphatic carbocycles. The van der Waals surface area contributed by atoms with E-state index < -0.39 is 11.6 Å². The Morgan fingerprint density at radius 2 is 0.939 bits per heavy atom. The Hall–Kier alpha value is -2.26. The summed E-state index contributed by atoms with van der Waals surface area (Å²) in [5.41, 5.74) is 8.96. The molecule has 2 aliphatic rings. The number of rotatable bonds is 0. The standard InChI is InChI=1S/2C8H12.2C6H5FO.Zr/c2*1-6-4-5-7(2)8(6)3;2*7-5-2-1-3-6(8)4-5;/h2*4H,5H2,1-3H3;2*1-4,8H;. The van der Waals surface area contributed by atoms with Crippen molar-refractivity contribution in [2.45, 2.75) is 54.4 Å². The number of benzene rings is 2.